The van der Waals surface area contributed by atoms with E-state index in [0.29, 0.717) is 13.2 Å². The third kappa shape index (κ3) is 4.30. The first-order valence-corrected chi connectivity index (χ1v) is 6.42. The van der Waals surface area contributed by atoms with Gasteiger partial charge in [-0.05, 0) is 36.8 Å². The van der Waals surface area contributed by atoms with E-state index in [2.05, 4.69) is 0 Å². The van der Waals surface area contributed by atoms with Crippen LogP contribution in [0.2, 0.25) is 0 Å². The second-order valence-electron chi connectivity index (χ2n) is 4.37. The van der Waals surface area contributed by atoms with Crippen LogP contribution < -0.4 is 15.2 Å². The van der Waals surface area contributed by atoms with Crippen molar-refractivity contribution >= 4 is 0 Å². The van der Waals surface area contributed by atoms with Crippen LogP contribution in [0.15, 0.2) is 54.6 Å². The maximum atomic E-state index is 5.83. The minimum absolute atomic E-state index is 0.0177. The molecule has 1 unspecified atom stereocenters. The van der Waals surface area contributed by atoms with Crippen molar-refractivity contribution in [2.24, 2.45) is 5.73 Å². The molecule has 0 spiro atoms. The maximum Gasteiger partial charge on any atom is 0.122 e. The molecule has 0 saturated carbocycles. The Balaban J connectivity index is 1.78. The smallest absolute Gasteiger partial charge is 0.122 e. The number of nitrogens with two attached hydrogens (primary N) is 1. The summed E-state index contributed by atoms with van der Waals surface area (Å²) in [6.45, 7) is 2.99. The molecule has 0 heterocycles. The standard InChI is InChI=1S/C16H19NO2/c1-13(17)14-6-5-9-16(12-14)19-11-10-18-15-7-3-2-4-8-15/h2-9,12-13H,10-11,17H2,1H3. The molecule has 0 radical (unpaired) electrons. The van der Waals surface area contributed by atoms with Crippen LogP contribution in [0.25, 0.3) is 0 Å². The Morgan fingerprint density at radius 1 is 0.895 bits per heavy atom. The fourth-order valence-electron chi connectivity index (χ4n) is 1.72. The SMILES string of the molecule is CC(N)c1cccc(OCCOc2ccccc2)c1. The van der Waals surface area contributed by atoms with Gasteiger partial charge < -0.3 is 15.2 Å². The average molecular weight is 257 g/mol. The van der Waals surface area contributed by atoms with Crippen molar-refractivity contribution in [3.63, 3.8) is 0 Å². The Morgan fingerprint density at radius 3 is 2.21 bits per heavy atom. The molecule has 3 heteroatoms. The second-order valence-corrected chi connectivity index (χ2v) is 4.37. The normalized spacial score (nSPS) is 11.9. The van der Waals surface area contributed by atoms with Crippen molar-refractivity contribution in [1.29, 1.82) is 0 Å². The van der Waals surface area contributed by atoms with Gasteiger partial charge in [-0.25, -0.2) is 0 Å². The van der Waals surface area contributed by atoms with Gasteiger partial charge in [-0.3, -0.25) is 0 Å². The van der Waals surface area contributed by atoms with E-state index in [1.54, 1.807) is 0 Å². The van der Waals surface area contributed by atoms with Gasteiger partial charge in [-0.2, -0.15) is 0 Å². The van der Waals surface area contributed by atoms with Gasteiger partial charge in [0.05, 0.1) is 0 Å². The predicted molar refractivity (Wildman–Crippen MR) is 76.5 cm³/mol. The van der Waals surface area contributed by atoms with Gasteiger partial charge >= 0.3 is 0 Å². The first-order valence-electron chi connectivity index (χ1n) is 6.42. The average Bonchev–Trinajstić information content (AvgIpc) is 2.45. The van der Waals surface area contributed by atoms with Crippen molar-refractivity contribution in [2.45, 2.75) is 13.0 Å². The van der Waals surface area contributed by atoms with E-state index >= 15 is 0 Å². The summed E-state index contributed by atoms with van der Waals surface area (Å²) in [4.78, 5) is 0. The van der Waals surface area contributed by atoms with Gasteiger partial charge in [0.1, 0.15) is 24.7 Å². The van der Waals surface area contributed by atoms with Crippen LogP contribution in [0.5, 0.6) is 11.5 Å². The Bertz CT molecular complexity index is 497. The highest BCUT2D eigenvalue weighted by atomic mass is 16.5. The quantitative estimate of drug-likeness (QED) is 0.808. The van der Waals surface area contributed by atoms with Crippen LogP contribution in [0.3, 0.4) is 0 Å². The minimum Gasteiger partial charge on any atom is -0.490 e. The Labute approximate surface area is 114 Å². The molecule has 2 aromatic carbocycles. The fraction of sp³-hybridized carbons (Fsp3) is 0.250. The zero-order chi connectivity index (χ0) is 13.5. The van der Waals surface area contributed by atoms with E-state index in [-0.39, 0.29) is 6.04 Å². The highest BCUT2D eigenvalue weighted by molar-refractivity contribution is 5.30. The van der Waals surface area contributed by atoms with Gasteiger partial charge in [0.2, 0.25) is 0 Å². The van der Waals surface area contributed by atoms with Gasteiger partial charge in [-0.1, -0.05) is 30.3 Å². The highest BCUT2D eigenvalue weighted by Crippen LogP contribution is 2.17. The minimum atomic E-state index is 0.0177. The number of rotatable bonds is 6. The van der Waals surface area contributed by atoms with Crippen LogP contribution in [0.1, 0.15) is 18.5 Å². The molecule has 2 rings (SSSR count). The second kappa shape index (κ2) is 6.81. The Kier molecular flexibility index (Phi) is 4.81. The summed E-state index contributed by atoms with van der Waals surface area (Å²) in [6.07, 6.45) is 0. The summed E-state index contributed by atoms with van der Waals surface area (Å²) in [5, 5.41) is 0. The lowest BCUT2D eigenvalue weighted by molar-refractivity contribution is 0.217. The summed E-state index contributed by atoms with van der Waals surface area (Å²) in [7, 11) is 0. The topological polar surface area (TPSA) is 44.5 Å². The number of para-hydroxylation sites is 1. The lowest BCUT2D eigenvalue weighted by atomic mass is 10.1. The van der Waals surface area contributed by atoms with Crippen molar-refractivity contribution in [1.82, 2.24) is 0 Å². The van der Waals surface area contributed by atoms with Crippen molar-refractivity contribution < 1.29 is 9.47 Å². The number of hydrogen-bond acceptors (Lipinski definition) is 3. The fourth-order valence-corrected chi connectivity index (χ4v) is 1.72. The van der Waals surface area contributed by atoms with Crippen LogP contribution in [0, 0.1) is 0 Å². The number of benzene rings is 2. The predicted octanol–water partition coefficient (Wildman–Crippen LogP) is 3.16. The van der Waals surface area contributed by atoms with Crippen LogP contribution in [-0.2, 0) is 0 Å². The zero-order valence-corrected chi connectivity index (χ0v) is 11.1. The first kappa shape index (κ1) is 13.4. The molecular weight excluding hydrogens is 238 g/mol. The summed E-state index contributed by atoms with van der Waals surface area (Å²) >= 11 is 0. The number of ether oxygens (including phenoxy) is 2. The number of hydrogen-bond donors (Lipinski definition) is 1. The molecule has 100 valence electrons. The molecule has 1 atom stereocenters. The Morgan fingerprint density at radius 2 is 1.53 bits per heavy atom. The molecule has 0 saturated heterocycles. The van der Waals surface area contributed by atoms with E-state index in [1.807, 2.05) is 61.5 Å². The third-order valence-corrected chi connectivity index (χ3v) is 2.75. The third-order valence-electron chi connectivity index (χ3n) is 2.75. The van der Waals surface area contributed by atoms with E-state index in [9.17, 15) is 0 Å². The molecular formula is C16H19NO2. The van der Waals surface area contributed by atoms with Gasteiger partial charge in [0, 0.05) is 6.04 Å². The Hall–Kier alpha value is -2.00. The van der Waals surface area contributed by atoms with Crippen molar-refractivity contribution in [3.05, 3.63) is 60.2 Å². The molecule has 0 aromatic heterocycles. The monoisotopic (exact) mass is 257 g/mol. The van der Waals surface area contributed by atoms with Gasteiger partial charge in [0.15, 0.2) is 0 Å². The lowest BCUT2D eigenvalue weighted by Gasteiger charge is -2.10. The van der Waals surface area contributed by atoms with Gasteiger partial charge in [0.25, 0.3) is 0 Å². The first-order chi connectivity index (χ1) is 9.25. The molecule has 3 nitrogen and oxygen atoms in total. The molecule has 0 amide bonds. The summed E-state index contributed by atoms with van der Waals surface area (Å²) < 4.78 is 11.2. The molecule has 0 fully saturated rings. The van der Waals surface area contributed by atoms with E-state index in [0.717, 1.165) is 17.1 Å². The van der Waals surface area contributed by atoms with E-state index in [4.69, 9.17) is 15.2 Å². The molecule has 2 N–H and O–H groups in total. The zero-order valence-electron chi connectivity index (χ0n) is 11.1. The lowest BCUT2D eigenvalue weighted by Crippen LogP contribution is -2.10. The molecule has 0 aliphatic rings. The molecule has 0 aliphatic heterocycles. The van der Waals surface area contributed by atoms with E-state index < -0.39 is 0 Å². The summed E-state index contributed by atoms with van der Waals surface area (Å²) in [5.74, 6) is 1.68. The highest BCUT2D eigenvalue weighted by Gasteiger charge is 2.01. The van der Waals surface area contributed by atoms with Crippen molar-refractivity contribution in [3.8, 4) is 11.5 Å². The summed E-state index contributed by atoms with van der Waals surface area (Å²) in [6, 6.07) is 17.6. The van der Waals surface area contributed by atoms with Gasteiger partial charge in [-0.15, -0.1) is 0 Å². The van der Waals surface area contributed by atoms with Crippen LogP contribution in [0.4, 0.5) is 0 Å². The largest absolute Gasteiger partial charge is 0.490 e. The molecule has 0 aliphatic carbocycles. The van der Waals surface area contributed by atoms with Crippen LogP contribution >= 0.6 is 0 Å². The summed E-state index contributed by atoms with van der Waals surface area (Å²) in [5.41, 5.74) is 6.90. The molecule has 19 heavy (non-hydrogen) atoms. The molecule has 2 aromatic rings. The maximum absolute atomic E-state index is 5.83. The molecule has 0 bridgehead atoms. The van der Waals surface area contributed by atoms with Crippen LogP contribution in [-0.4, -0.2) is 13.2 Å². The van der Waals surface area contributed by atoms with Crippen molar-refractivity contribution in [2.75, 3.05) is 13.2 Å². The van der Waals surface area contributed by atoms with E-state index in [1.165, 1.54) is 0 Å².